The molecule has 2 rings (SSSR count). The summed E-state index contributed by atoms with van der Waals surface area (Å²) in [5, 5.41) is 18.4. The standard InChI is InChI=1S/C16H22N6/c1-3-19-16(20-13(2)12-17)21-14-4-6-15(7-5-14)22-10-8-18-9-11-22/h3-7,13,18H,1,8-11H2,2H3,(H2,19,20,21). The lowest BCUT2D eigenvalue weighted by atomic mass is 10.2. The van der Waals surface area contributed by atoms with Crippen molar-refractivity contribution >= 4 is 17.3 Å². The van der Waals surface area contributed by atoms with Gasteiger partial charge in [0.2, 0.25) is 5.96 Å². The number of anilines is 2. The molecule has 1 fully saturated rings. The molecule has 0 bridgehead atoms. The van der Waals surface area contributed by atoms with Gasteiger partial charge in [-0.15, -0.1) is 0 Å². The van der Waals surface area contributed by atoms with Crippen molar-refractivity contribution in [2.24, 2.45) is 4.99 Å². The van der Waals surface area contributed by atoms with E-state index in [0.717, 1.165) is 31.9 Å². The number of hydrogen-bond acceptors (Lipinski definition) is 4. The number of hydrogen-bond donors (Lipinski definition) is 3. The van der Waals surface area contributed by atoms with Crippen molar-refractivity contribution in [1.29, 1.82) is 5.26 Å². The highest BCUT2D eigenvalue weighted by molar-refractivity contribution is 5.94. The Balaban J connectivity index is 2.01. The number of piperazine rings is 1. The van der Waals surface area contributed by atoms with Crippen LogP contribution in [0, 0.1) is 11.3 Å². The topological polar surface area (TPSA) is 75.5 Å². The van der Waals surface area contributed by atoms with Crippen LogP contribution in [0.1, 0.15) is 6.92 Å². The summed E-state index contributed by atoms with van der Waals surface area (Å²) in [6.07, 6.45) is 1.44. The minimum absolute atomic E-state index is 0.327. The first-order valence-corrected chi connectivity index (χ1v) is 7.40. The van der Waals surface area contributed by atoms with E-state index in [4.69, 9.17) is 5.26 Å². The summed E-state index contributed by atoms with van der Waals surface area (Å²) in [5.74, 6) is 0.513. The largest absolute Gasteiger partial charge is 0.369 e. The van der Waals surface area contributed by atoms with Gasteiger partial charge in [-0.1, -0.05) is 6.58 Å². The van der Waals surface area contributed by atoms with Gasteiger partial charge in [0.15, 0.2) is 0 Å². The van der Waals surface area contributed by atoms with E-state index in [1.807, 2.05) is 12.1 Å². The van der Waals surface area contributed by atoms with Crippen LogP contribution in [0.2, 0.25) is 0 Å². The third-order valence-corrected chi connectivity index (χ3v) is 3.38. The number of aliphatic imine (C=N–C) groups is 1. The molecule has 0 saturated carbocycles. The maximum atomic E-state index is 8.87. The van der Waals surface area contributed by atoms with Crippen LogP contribution in [0.4, 0.5) is 11.4 Å². The van der Waals surface area contributed by atoms with Crippen LogP contribution in [0.15, 0.2) is 42.0 Å². The molecule has 1 aromatic rings. The highest BCUT2D eigenvalue weighted by Gasteiger charge is 2.10. The lowest BCUT2D eigenvalue weighted by Gasteiger charge is -2.29. The van der Waals surface area contributed by atoms with Crippen molar-refractivity contribution < 1.29 is 0 Å². The van der Waals surface area contributed by atoms with Crippen molar-refractivity contribution in [1.82, 2.24) is 10.6 Å². The quantitative estimate of drug-likeness (QED) is 0.580. The van der Waals surface area contributed by atoms with Gasteiger partial charge < -0.3 is 20.9 Å². The summed E-state index contributed by atoms with van der Waals surface area (Å²) >= 11 is 0. The lowest BCUT2D eigenvalue weighted by molar-refractivity contribution is 0.589. The zero-order valence-electron chi connectivity index (χ0n) is 12.8. The number of nitriles is 1. The maximum Gasteiger partial charge on any atom is 0.201 e. The molecular weight excluding hydrogens is 276 g/mol. The van der Waals surface area contributed by atoms with Gasteiger partial charge >= 0.3 is 0 Å². The van der Waals surface area contributed by atoms with E-state index in [0.29, 0.717) is 5.96 Å². The third kappa shape index (κ3) is 4.50. The third-order valence-electron chi connectivity index (χ3n) is 3.38. The number of benzene rings is 1. The van der Waals surface area contributed by atoms with E-state index in [1.54, 1.807) is 6.92 Å². The van der Waals surface area contributed by atoms with Crippen LogP contribution >= 0.6 is 0 Å². The minimum atomic E-state index is -0.327. The molecule has 0 radical (unpaired) electrons. The summed E-state index contributed by atoms with van der Waals surface area (Å²) in [4.78, 5) is 6.46. The Morgan fingerprint density at radius 3 is 2.68 bits per heavy atom. The fourth-order valence-corrected chi connectivity index (χ4v) is 2.25. The Kier molecular flexibility index (Phi) is 5.81. The molecule has 0 amide bonds. The first-order valence-electron chi connectivity index (χ1n) is 7.40. The molecule has 1 aromatic carbocycles. The molecule has 116 valence electrons. The Hall–Kier alpha value is -2.52. The van der Waals surface area contributed by atoms with Gasteiger partial charge in [0.25, 0.3) is 0 Å². The summed E-state index contributed by atoms with van der Waals surface area (Å²) in [7, 11) is 0. The molecule has 3 N–H and O–H groups in total. The monoisotopic (exact) mass is 298 g/mol. The van der Waals surface area contributed by atoms with Gasteiger partial charge in [-0.25, -0.2) is 4.99 Å². The van der Waals surface area contributed by atoms with Crippen LogP contribution in [0.3, 0.4) is 0 Å². The van der Waals surface area contributed by atoms with Gasteiger partial charge in [-0.05, 0) is 31.2 Å². The van der Waals surface area contributed by atoms with Gasteiger partial charge in [0.1, 0.15) is 6.04 Å². The Morgan fingerprint density at radius 2 is 2.09 bits per heavy atom. The predicted molar refractivity (Wildman–Crippen MR) is 91.0 cm³/mol. The molecule has 1 aliphatic heterocycles. The average molecular weight is 298 g/mol. The van der Waals surface area contributed by atoms with Crippen molar-refractivity contribution in [2.45, 2.75) is 13.0 Å². The smallest absolute Gasteiger partial charge is 0.201 e. The molecule has 6 heteroatoms. The Bertz CT molecular complexity index is 551. The van der Waals surface area contributed by atoms with Crippen molar-refractivity contribution in [2.75, 3.05) is 36.4 Å². The second-order valence-corrected chi connectivity index (χ2v) is 5.06. The molecule has 6 nitrogen and oxygen atoms in total. The normalized spacial score (nSPS) is 16.5. The van der Waals surface area contributed by atoms with Crippen molar-refractivity contribution in [3.8, 4) is 6.07 Å². The first kappa shape index (κ1) is 15.9. The highest BCUT2D eigenvalue weighted by atomic mass is 15.2. The van der Waals surface area contributed by atoms with Gasteiger partial charge in [-0.2, -0.15) is 5.26 Å². The second-order valence-electron chi connectivity index (χ2n) is 5.06. The molecule has 0 aromatic heterocycles. The van der Waals surface area contributed by atoms with Crippen LogP contribution in [-0.4, -0.2) is 38.2 Å². The van der Waals surface area contributed by atoms with E-state index in [1.165, 1.54) is 11.9 Å². The molecule has 0 spiro atoms. The second kappa shape index (κ2) is 8.05. The minimum Gasteiger partial charge on any atom is -0.369 e. The molecule has 1 heterocycles. The van der Waals surface area contributed by atoms with Crippen molar-refractivity contribution in [3.05, 3.63) is 37.0 Å². The van der Waals surface area contributed by atoms with Crippen molar-refractivity contribution in [3.63, 3.8) is 0 Å². The molecular formula is C16H22N6. The summed E-state index contributed by atoms with van der Waals surface area (Å²) in [6.45, 7) is 9.45. The predicted octanol–water partition coefficient (Wildman–Crippen LogP) is 1.51. The van der Waals surface area contributed by atoms with E-state index in [2.05, 4.69) is 50.6 Å². The van der Waals surface area contributed by atoms with Gasteiger partial charge in [0, 0.05) is 43.8 Å². The molecule has 1 saturated heterocycles. The summed E-state index contributed by atoms with van der Waals surface area (Å²) in [6, 6.07) is 9.98. The Morgan fingerprint density at radius 1 is 1.41 bits per heavy atom. The molecule has 1 unspecified atom stereocenters. The van der Waals surface area contributed by atoms with Crippen LogP contribution in [0.25, 0.3) is 0 Å². The number of guanidine groups is 1. The van der Waals surface area contributed by atoms with Crippen LogP contribution < -0.4 is 20.9 Å². The zero-order chi connectivity index (χ0) is 15.8. The van der Waals surface area contributed by atoms with Crippen LogP contribution in [0.5, 0.6) is 0 Å². The SMILES string of the molecule is C=C/N=C(/Nc1ccc(N2CCNCC2)cc1)NC(C)C#N. The number of rotatable bonds is 4. The molecule has 22 heavy (non-hydrogen) atoms. The number of nitrogens with one attached hydrogen (secondary N) is 3. The van der Waals surface area contributed by atoms with Crippen LogP contribution in [-0.2, 0) is 0 Å². The molecule has 0 aliphatic carbocycles. The molecule has 1 atom stereocenters. The van der Waals surface area contributed by atoms with E-state index < -0.39 is 0 Å². The first-order chi connectivity index (χ1) is 10.7. The van der Waals surface area contributed by atoms with E-state index in [-0.39, 0.29) is 6.04 Å². The zero-order valence-corrected chi connectivity index (χ0v) is 12.8. The average Bonchev–Trinajstić information content (AvgIpc) is 2.56. The van der Waals surface area contributed by atoms with E-state index in [9.17, 15) is 0 Å². The highest BCUT2D eigenvalue weighted by Crippen LogP contribution is 2.18. The Labute approximate surface area is 131 Å². The summed E-state index contributed by atoms with van der Waals surface area (Å²) in [5.41, 5.74) is 2.13. The lowest BCUT2D eigenvalue weighted by Crippen LogP contribution is -2.43. The fourth-order valence-electron chi connectivity index (χ4n) is 2.25. The fraction of sp³-hybridized carbons (Fsp3) is 0.375. The summed E-state index contributed by atoms with van der Waals surface area (Å²) < 4.78 is 0. The maximum absolute atomic E-state index is 8.87. The van der Waals surface area contributed by atoms with E-state index >= 15 is 0 Å². The van der Waals surface area contributed by atoms with Gasteiger partial charge in [0.05, 0.1) is 6.07 Å². The molecule has 1 aliphatic rings. The van der Waals surface area contributed by atoms with Gasteiger partial charge in [-0.3, -0.25) is 0 Å². The number of nitrogens with zero attached hydrogens (tertiary/aromatic N) is 3.